The third-order valence-electron chi connectivity index (χ3n) is 8.47. The van der Waals surface area contributed by atoms with Gasteiger partial charge in [0.2, 0.25) is 5.69 Å². The third-order valence-corrected chi connectivity index (χ3v) is 18.8. The topological polar surface area (TPSA) is 91.8 Å². The van der Waals surface area contributed by atoms with Crippen molar-refractivity contribution in [3.8, 4) is 0 Å². The Hall–Kier alpha value is -0.593. The van der Waals surface area contributed by atoms with Crippen molar-refractivity contribution in [2.75, 3.05) is 6.61 Å². The monoisotopic (exact) mass is 606 g/mol. The van der Waals surface area contributed by atoms with E-state index in [1.807, 2.05) is 13.1 Å². The van der Waals surface area contributed by atoms with Crippen molar-refractivity contribution < 1.29 is 22.6 Å². The molecule has 0 bridgehead atoms. The van der Waals surface area contributed by atoms with Crippen LogP contribution in [-0.2, 0) is 30.0 Å². The number of rotatable bonds is 7. The summed E-state index contributed by atoms with van der Waals surface area (Å²) in [5.74, 6) is 0.402. The maximum Gasteiger partial charge on any atom is 0.330 e. The fourth-order valence-electron chi connectivity index (χ4n) is 4.95. The molecule has 1 aromatic heterocycles. The summed E-state index contributed by atoms with van der Waals surface area (Å²) < 4.78 is 42.2. The van der Waals surface area contributed by atoms with E-state index < -0.39 is 49.9 Å². The van der Waals surface area contributed by atoms with Crippen LogP contribution in [0.15, 0.2) is 34.0 Å². The third kappa shape index (κ3) is 6.03. The summed E-state index contributed by atoms with van der Waals surface area (Å²) in [5, 5.41) is -0.175. The van der Waals surface area contributed by atoms with Crippen LogP contribution in [0.1, 0.15) is 60.1 Å². The number of ether oxygens (including phenoxy) is 1. The molecule has 1 N–H and O–H groups in total. The summed E-state index contributed by atoms with van der Waals surface area (Å²) in [6.45, 7) is 18.6. The average Bonchev–Trinajstić information content (AvgIpc) is 3.23. The van der Waals surface area contributed by atoms with Crippen LogP contribution in [-0.4, -0.2) is 53.7 Å². The standard InChI is InChI=1S/C25H40FN2O6PS2Si/c1-15(2)16-9-11-25(6)18(13-16)33-35(36,37-25)31-14-17-21(34-38(7,8)24(3,4)5)20(26)22(32-17)28-12-10-19(29)27-23(28)30/h10,12,16-18,20-22H,1,9,11,13-14H2,2-8H3,(H,27,29,30)/t16-,17-,18+,20-,21?,22-,25+,35+/m1/s1. The van der Waals surface area contributed by atoms with Crippen LogP contribution in [0.2, 0.25) is 18.1 Å². The lowest BCUT2D eigenvalue weighted by molar-refractivity contribution is -0.0440. The van der Waals surface area contributed by atoms with E-state index in [-0.39, 0.29) is 22.5 Å². The number of allylic oxidation sites excluding steroid dienone is 1. The Labute approximate surface area is 234 Å². The zero-order valence-electron chi connectivity index (χ0n) is 23.2. The second-order valence-electron chi connectivity index (χ2n) is 12.4. The zero-order valence-corrected chi connectivity index (χ0v) is 26.7. The summed E-state index contributed by atoms with van der Waals surface area (Å²) in [6, 6.07) is 1.17. The van der Waals surface area contributed by atoms with E-state index >= 15 is 4.39 Å². The van der Waals surface area contributed by atoms with E-state index in [0.717, 1.165) is 29.4 Å². The first-order valence-electron chi connectivity index (χ1n) is 13.0. The lowest BCUT2D eigenvalue weighted by Gasteiger charge is -2.39. The number of H-pyrrole nitrogens is 1. The molecule has 1 unspecified atom stereocenters. The molecule has 0 radical (unpaired) electrons. The molecule has 3 fully saturated rings. The van der Waals surface area contributed by atoms with E-state index in [1.54, 1.807) is 11.4 Å². The number of halogens is 1. The highest BCUT2D eigenvalue weighted by Crippen LogP contribution is 2.75. The highest BCUT2D eigenvalue weighted by atomic mass is 32.9. The Bertz CT molecular complexity index is 1240. The summed E-state index contributed by atoms with van der Waals surface area (Å²) >= 11 is 7.51. The van der Waals surface area contributed by atoms with Gasteiger partial charge in [-0.25, -0.2) is 9.18 Å². The van der Waals surface area contributed by atoms with E-state index in [4.69, 9.17) is 30.0 Å². The van der Waals surface area contributed by atoms with Crippen LogP contribution < -0.4 is 11.2 Å². The molecule has 8 atom stereocenters. The predicted octanol–water partition coefficient (Wildman–Crippen LogP) is 5.67. The molecule has 3 heterocycles. The minimum absolute atomic E-state index is 0.0225. The van der Waals surface area contributed by atoms with Gasteiger partial charge in [0, 0.05) is 17.0 Å². The van der Waals surface area contributed by atoms with Crippen molar-refractivity contribution in [1.82, 2.24) is 9.55 Å². The minimum atomic E-state index is -2.73. The number of nitrogens with one attached hydrogen (secondary N) is 1. The SMILES string of the molecule is C=C(C)[C@@H]1CC[C@]2(C)S[P@@](=S)(OC[C@H]3O[C@@H](n4ccc(=O)[nH]c4=O)[C@H](F)C3O[Si](C)(C)C(C)(C)C)O[C@H]2C1. The molecule has 0 spiro atoms. The Kier molecular flexibility index (Phi) is 8.53. The zero-order chi connectivity index (χ0) is 28.3. The fourth-order valence-corrected chi connectivity index (χ4v) is 13.4. The number of aromatic nitrogens is 2. The van der Waals surface area contributed by atoms with Gasteiger partial charge in [-0.3, -0.25) is 14.3 Å². The number of fused-ring (bicyclic) bond motifs is 1. The van der Waals surface area contributed by atoms with Crippen molar-refractivity contribution >= 4 is 37.2 Å². The van der Waals surface area contributed by atoms with Gasteiger partial charge >= 0.3 is 5.69 Å². The minimum Gasteiger partial charge on any atom is -0.408 e. The van der Waals surface area contributed by atoms with Gasteiger partial charge in [-0.2, -0.15) is 0 Å². The molecule has 0 amide bonds. The van der Waals surface area contributed by atoms with Gasteiger partial charge in [0.15, 0.2) is 20.7 Å². The fraction of sp³-hybridized carbons (Fsp3) is 0.760. The van der Waals surface area contributed by atoms with Crippen molar-refractivity contribution in [1.29, 1.82) is 0 Å². The molecule has 2 saturated heterocycles. The van der Waals surface area contributed by atoms with E-state index in [9.17, 15) is 9.59 Å². The average molecular weight is 607 g/mol. The molecule has 214 valence electrons. The van der Waals surface area contributed by atoms with Crippen molar-refractivity contribution in [3.63, 3.8) is 0 Å². The largest absolute Gasteiger partial charge is 0.408 e. The summed E-state index contributed by atoms with van der Waals surface area (Å²) in [7, 11) is -2.42. The predicted molar refractivity (Wildman–Crippen MR) is 155 cm³/mol. The van der Waals surface area contributed by atoms with Gasteiger partial charge in [-0.05, 0) is 69.0 Å². The van der Waals surface area contributed by atoms with E-state index in [0.29, 0.717) is 5.92 Å². The molecule has 2 aliphatic heterocycles. The molecule has 4 rings (SSSR count). The van der Waals surface area contributed by atoms with Crippen LogP contribution in [0.5, 0.6) is 0 Å². The van der Waals surface area contributed by atoms with Crippen molar-refractivity contribution in [2.45, 2.75) is 107 Å². The quantitative estimate of drug-likeness (QED) is 0.241. The van der Waals surface area contributed by atoms with Crippen LogP contribution in [0.4, 0.5) is 4.39 Å². The second kappa shape index (κ2) is 10.7. The van der Waals surface area contributed by atoms with Gasteiger partial charge < -0.3 is 18.2 Å². The maximum absolute atomic E-state index is 16.0. The lowest BCUT2D eigenvalue weighted by Crippen LogP contribution is -2.49. The molecule has 1 aliphatic carbocycles. The van der Waals surface area contributed by atoms with Crippen molar-refractivity contribution in [3.05, 3.63) is 45.3 Å². The molecular weight excluding hydrogens is 566 g/mol. The van der Waals surface area contributed by atoms with Gasteiger partial charge in [0.1, 0.15) is 12.2 Å². The second-order valence-corrected chi connectivity index (χ2v) is 23.8. The Morgan fingerprint density at radius 1 is 1.42 bits per heavy atom. The van der Waals surface area contributed by atoms with Gasteiger partial charge in [0.05, 0.1) is 12.7 Å². The molecular formula is C25H40FN2O6PS2Si. The number of hydrogen-bond acceptors (Lipinski definition) is 8. The molecule has 3 aliphatic rings. The number of nitrogens with zero attached hydrogens (tertiary/aromatic N) is 1. The van der Waals surface area contributed by atoms with Gasteiger partial charge in [-0.15, -0.1) is 0 Å². The van der Waals surface area contributed by atoms with Crippen LogP contribution in [0.3, 0.4) is 0 Å². The normalized spacial score (nSPS) is 37.8. The first-order chi connectivity index (χ1) is 17.4. The first kappa shape index (κ1) is 30.4. The van der Waals surface area contributed by atoms with Gasteiger partial charge in [0.25, 0.3) is 5.56 Å². The number of hydrogen-bond donors (Lipinski definition) is 1. The Morgan fingerprint density at radius 2 is 2.11 bits per heavy atom. The summed E-state index contributed by atoms with van der Waals surface area (Å²) in [6.07, 6.45) is -0.633. The molecule has 38 heavy (non-hydrogen) atoms. The van der Waals surface area contributed by atoms with Crippen LogP contribution >= 0.6 is 17.1 Å². The molecule has 1 saturated carbocycles. The van der Waals surface area contributed by atoms with Crippen molar-refractivity contribution in [2.24, 2.45) is 5.92 Å². The molecule has 1 aromatic rings. The lowest BCUT2D eigenvalue weighted by atomic mass is 9.77. The Morgan fingerprint density at radius 3 is 2.71 bits per heavy atom. The highest BCUT2D eigenvalue weighted by molar-refractivity contribution is 8.68. The number of alkyl halides is 1. The molecule has 13 heteroatoms. The summed E-state index contributed by atoms with van der Waals surface area (Å²) in [4.78, 5) is 26.2. The van der Waals surface area contributed by atoms with Gasteiger partial charge in [-0.1, -0.05) is 44.3 Å². The van der Waals surface area contributed by atoms with Crippen LogP contribution in [0.25, 0.3) is 0 Å². The maximum atomic E-state index is 16.0. The number of aromatic amines is 1. The molecule has 0 aromatic carbocycles. The Balaban J connectivity index is 1.55. The highest BCUT2D eigenvalue weighted by Gasteiger charge is 2.55. The van der Waals surface area contributed by atoms with E-state index in [2.05, 4.69) is 46.2 Å². The van der Waals surface area contributed by atoms with Crippen LogP contribution in [0, 0.1) is 5.92 Å². The molecule has 8 nitrogen and oxygen atoms in total. The summed E-state index contributed by atoms with van der Waals surface area (Å²) in [5.41, 5.74) is -2.88. The first-order valence-corrected chi connectivity index (χ1v) is 20.0. The smallest absolute Gasteiger partial charge is 0.330 e. The van der Waals surface area contributed by atoms with E-state index in [1.165, 1.54) is 12.3 Å².